The number of aromatic nitrogens is 4. The molecule has 0 aromatic carbocycles. The molecule has 9 nitrogen and oxygen atoms in total. The molecule has 1 aliphatic rings. The van der Waals surface area contributed by atoms with E-state index < -0.39 is 0 Å². The van der Waals surface area contributed by atoms with Crippen LogP contribution in [0.4, 0.5) is 17.3 Å². The van der Waals surface area contributed by atoms with Crippen molar-refractivity contribution in [3.63, 3.8) is 0 Å². The van der Waals surface area contributed by atoms with Crippen LogP contribution in [0.25, 0.3) is 0 Å². The fourth-order valence-corrected chi connectivity index (χ4v) is 2.58. The van der Waals surface area contributed by atoms with Gasteiger partial charge < -0.3 is 25.9 Å². The van der Waals surface area contributed by atoms with Gasteiger partial charge in [-0.1, -0.05) is 0 Å². The third kappa shape index (κ3) is 4.33. The Morgan fingerprint density at radius 3 is 2.71 bits per heavy atom. The van der Waals surface area contributed by atoms with E-state index in [1.807, 2.05) is 17.1 Å². The number of hydrazine groups is 1. The maximum Gasteiger partial charge on any atom is 0.169 e. The molecule has 0 atom stereocenters. The van der Waals surface area contributed by atoms with Crippen LogP contribution in [0.1, 0.15) is 6.42 Å². The molecule has 0 spiro atoms. The number of hydrogen-bond acceptors (Lipinski definition) is 8. The molecule has 0 saturated carbocycles. The maximum atomic E-state index is 6.20. The molecule has 0 amide bonds. The predicted octanol–water partition coefficient (Wildman–Crippen LogP) is 0.332. The van der Waals surface area contributed by atoms with Gasteiger partial charge in [0, 0.05) is 51.7 Å². The molecule has 1 saturated heterocycles. The van der Waals surface area contributed by atoms with Gasteiger partial charge in [0.1, 0.15) is 12.0 Å². The van der Waals surface area contributed by atoms with Crippen molar-refractivity contribution >= 4 is 17.3 Å². The van der Waals surface area contributed by atoms with Crippen molar-refractivity contribution in [2.75, 3.05) is 56.2 Å². The molecule has 1 fully saturated rings. The highest BCUT2D eigenvalue weighted by molar-refractivity contribution is 5.73. The van der Waals surface area contributed by atoms with Gasteiger partial charge in [-0.3, -0.25) is 0 Å². The zero-order valence-corrected chi connectivity index (χ0v) is 14.0. The van der Waals surface area contributed by atoms with Crippen molar-refractivity contribution in [3.05, 3.63) is 25.0 Å². The van der Waals surface area contributed by atoms with Crippen molar-refractivity contribution in [1.82, 2.24) is 29.4 Å². The summed E-state index contributed by atoms with van der Waals surface area (Å²) in [4.78, 5) is 14.8. The second-order valence-electron chi connectivity index (χ2n) is 5.97. The summed E-state index contributed by atoms with van der Waals surface area (Å²) >= 11 is 0. The second-order valence-corrected chi connectivity index (χ2v) is 5.97. The van der Waals surface area contributed by atoms with Crippen molar-refractivity contribution in [2.24, 2.45) is 0 Å². The lowest BCUT2D eigenvalue weighted by atomic mass is 10.3. The number of nitrogens with zero attached hydrogens (tertiary/aromatic N) is 6. The normalized spacial score (nSPS) is 16.2. The first-order valence-corrected chi connectivity index (χ1v) is 8.22. The van der Waals surface area contributed by atoms with Gasteiger partial charge in [-0.05, 0) is 13.5 Å². The summed E-state index contributed by atoms with van der Waals surface area (Å²) in [6.45, 7) is 5.62. The number of nitrogens with one attached hydrogen (secondary N) is 2. The number of rotatable bonds is 7. The SMILES string of the molecule is CN1CCN(Nc2ncnc(NCCCn3ccnc3)c2N)CC1. The molecule has 3 heterocycles. The Morgan fingerprint density at radius 1 is 1.17 bits per heavy atom. The van der Waals surface area contributed by atoms with E-state index in [-0.39, 0.29) is 0 Å². The van der Waals surface area contributed by atoms with Gasteiger partial charge in [0.25, 0.3) is 0 Å². The zero-order valence-electron chi connectivity index (χ0n) is 14.0. The van der Waals surface area contributed by atoms with Crippen molar-refractivity contribution in [1.29, 1.82) is 0 Å². The Hall–Kier alpha value is -2.39. The highest BCUT2D eigenvalue weighted by atomic mass is 15.5. The Bertz CT molecular complexity index is 620. The van der Waals surface area contributed by atoms with Gasteiger partial charge in [0.2, 0.25) is 0 Å². The minimum Gasteiger partial charge on any atom is -0.393 e. The number of piperazine rings is 1. The maximum absolute atomic E-state index is 6.20. The number of likely N-dealkylation sites (N-methyl/N-ethyl adjacent to an activating group) is 1. The lowest BCUT2D eigenvalue weighted by Gasteiger charge is -2.32. The molecule has 3 rings (SSSR count). The largest absolute Gasteiger partial charge is 0.393 e. The fourth-order valence-electron chi connectivity index (χ4n) is 2.58. The third-order valence-electron chi connectivity index (χ3n) is 4.10. The lowest BCUT2D eigenvalue weighted by Crippen LogP contribution is -2.47. The minimum absolute atomic E-state index is 0.555. The topological polar surface area (TPSA) is 100 Å². The van der Waals surface area contributed by atoms with Crippen LogP contribution in [0, 0.1) is 0 Å². The van der Waals surface area contributed by atoms with Crippen molar-refractivity contribution in [2.45, 2.75) is 13.0 Å². The average Bonchev–Trinajstić information content (AvgIpc) is 3.10. The van der Waals surface area contributed by atoms with Gasteiger partial charge in [-0.15, -0.1) is 0 Å². The summed E-state index contributed by atoms with van der Waals surface area (Å²) in [5, 5.41) is 5.42. The monoisotopic (exact) mass is 331 g/mol. The second kappa shape index (κ2) is 7.93. The highest BCUT2D eigenvalue weighted by Crippen LogP contribution is 2.23. The Labute approximate surface area is 141 Å². The van der Waals surface area contributed by atoms with Crippen LogP contribution in [0.5, 0.6) is 0 Å². The van der Waals surface area contributed by atoms with Crippen LogP contribution >= 0.6 is 0 Å². The van der Waals surface area contributed by atoms with Crippen LogP contribution in [0.3, 0.4) is 0 Å². The molecule has 2 aromatic rings. The van der Waals surface area contributed by atoms with E-state index in [0.717, 1.165) is 45.7 Å². The summed E-state index contributed by atoms with van der Waals surface area (Å²) in [6, 6.07) is 0. The molecule has 4 N–H and O–H groups in total. The summed E-state index contributed by atoms with van der Waals surface area (Å²) < 4.78 is 2.05. The molecule has 0 bridgehead atoms. The minimum atomic E-state index is 0.555. The lowest BCUT2D eigenvalue weighted by molar-refractivity contribution is 0.178. The highest BCUT2D eigenvalue weighted by Gasteiger charge is 2.16. The van der Waals surface area contributed by atoms with Gasteiger partial charge >= 0.3 is 0 Å². The Balaban J connectivity index is 1.51. The number of nitrogens with two attached hydrogens (primary N) is 1. The first kappa shape index (κ1) is 16.5. The van der Waals surface area contributed by atoms with E-state index in [4.69, 9.17) is 5.73 Å². The molecule has 9 heteroatoms. The fraction of sp³-hybridized carbons (Fsp3) is 0.533. The van der Waals surface area contributed by atoms with E-state index >= 15 is 0 Å². The van der Waals surface area contributed by atoms with E-state index in [1.165, 1.54) is 6.33 Å². The summed E-state index contributed by atoms with van der Waals surface area (Å²) in [7, 11) is 2.13. The van der Waals surface area contributed by atoms with E-state index in [1.54, 1.807) is 6.20 Å². The molecule has 2 aromatic heterocycles. The Morgan fingerprint density at radius 2 is 1.96 bits per heavy atom. The zero-order chi connectivity index (χ0) is 16.8. The quantitative estimate of drug-likeness (QED) is 0.624. The number of nitrogen functional groups attached to an aromatic ring is 1. The number of hydrogen-bond donors (Lipinski definition) is 3. The van der Waals surface area contributed by atoms with E-state index in [2.05, 4.69) is 42.7 Å². The summed E-state index contributed by atoms with van der Waals surface area (Å²) in [5.41, 5.74) is 10.1. The predicted molar refractivity (Wildman–Crippen MR) is 94.5 cm³/mol. The third-order valence-corrected chi connectivity index (χ3v) is 4.10. The number of aryl methyl sites for hydroxylation is 1. The van der Waals surface area contributed by atoms with Crippen LogP contribution in [-0.4, -0.2) is 69.2 Å². The summed E-state index contributed by atoms with van der Waals surface area (Å²) in [5.74, 6) is 1.33. The molecule has 0 aliphatic carbocycles. The summed E-state index contributed by atoms with van der Waals surface area (Å²) in [6.07, 6.45) is 8.05. The molecular weight excluding hydrogens is 306 g/mol. The van der Waals surface area contributed by atoms with Crippen LogP contribution in [0.2, 0.25) is 0 Å². The van der Waals surface area contributed by atoms with Crippen LogP contribution in [0.15, 0.2) is 25.0 Å². The number of anilines is 3. The molecule has 0 radical (unpaired) electrons. The molecule has 1 aliphatic heterocycles. The number of imidazole rings is 1. The van der Waals surface area contributed by atoms with E-state index in [9.17, 15) is 0 Å². The van der Waals surface area contributed by atoms with Gasteiger partial charge in [0.05, 0.1) is 6.33 Å². The Kier molecular flexibility index (Phi) is 5.44. The van der Waals surface area contributed by atoms with Crippen molar-refractivity contribution in [3.8, 4) is 0 Å². The molecule has 24 heavy (non-hydrogen) atoms. The van der Waals surface area contributed by atoms with Crippen LogP contribution in [-0.2, 0) is 6.54 Å². The molecular formula is C15H25N9. The first-order valence-electron chi connectivity index (χ1n) is 8.22. The van der Waals surface area contributed by atoms with Crippen molar-refractivity contribution < 1.29 is 0 Å². The smallest absolute Gasteiger partial charge is 0.169 e. The van der Waals surface area contributed by atoms with Crippen LogP contribution < -0.4 is 16.5 Å². The van der Waals surface area contributed by atoms with Gasteiger partial charge in [0.15, 0.2) is 11.6 Å². The standard InChI is InChI=1S/C15H25N9/c1-22-7-9-24(10-8-22)21-15-13(16)14(19-11-20-15)18-3-2-5-23-6-4-17-12-23/h4,6,11-12H,2-3,5,7-10,16H2,1H3,(H2,18,19,20,21). The van der Waals surface area contributed by atoms with Gasteiger partial charge in [-0.25, -0.2) is 20.0 Å². The van der Waals surface area contributed by atoms with Gasteiger partial charge in [-0.2, -0.15) is 0 Å². The first-order chi connectivity index (χ1) is 11.7. The van der Waals surface area contributed by atoms with E-state index in [0.29, 0.717) is 17.3 Å². The average molecular weight is 331 g/mol. The molecule has 130 valence electrons. The molecule has 0 unspecified atom stereocenters.